The fraction of sp³-hybridized carbons (Fsp3) is 0.714. The summed E-state index contributed by atoms with van der Waals surface area (Å²) in [5.74, 6) is 2.85. The summed E-state index contributed by atoms with van der Waals surface area (Å²) in [7, 11) is 0. The number of hydrogen-bond acceptors (Lipinski definition) is 4. The van der Waals surface area contributed by atoms with Crippen LogP contribution in [0, 0.1) is 6.92 Å². The molecule has 0 amide bonds. The first-order chi connectivity index (χ1) is 8.58. The lowest BCUT2D eigenvalue weighted by molar-refractivity contribution is 0.815. The Morgan fingerprint density at radius 2 is 1.72 bits per heavy atom. The van der Waals surface area contributed by atoms with Gasteiger partial charge in [0, 0.05) is 24.6 Å². The largest absolute Gasteiger partial charge is 0.370 e. The van der Waals surface area contributed by atoms with E-state index in [1.807, 2.05) is 0 Å². The zero-order valence-corrected chi connectivity index (χ0v) is 12.3. The van der Waals surface area contributed by atoms with E-state index in [-0.39, 0.29) is 0 Å². The van der Waals surface area contributed by atoms with Crippen LogP contribution in [-0.4, -0.2) is 22.6 Å². The van der Waals surface area contributed by atoms with Crippen LogP contribution < -0.4 is 10.6 Å². The summed E-state index contributed by atoms with van der Waals surface area (Å²) in [6.45, 7) is 11.6. The van der Waals surface area contributed by atoms with E-state index in [4.69, 9.17) is 0 Å². The lowest BCUT2D eigenvalue weighted by atomic mass is 10.2. The number of aromatic nitrogens is 2. The number of anilines is 2. The summed E-state index contributed by atoms with van der Waals surface area (Å²) >= 11 is 0. The lowest BCUT2D eigenvalue weighted by Crippen LogP contribution is -2.16. The molecule has 1 aromatic rings. The third-order valence-corrected chi connectivity index (χ3v) is 2.63. The Kier molecular flexibility index (Phi) is 5.89. The second-order valence-electron chi connectivity index (χ2n) is 4.94. The van der Waals surface area contributed by atoms with Crippen molar-refractivity contribution in [2.75, 3.05) is 17.2 Å². The average molecular weight is 250 g/mol. The van der Waals surface area contributed by atoms with E-state index in [1.165, 1.54) is 0 Å². The van der Waals surface area contributed by atoms with Gasteiger partial charge in [-0.05, 0) is 33.6 Å². The molecule has 0 fully saturated rings. The van der Waals surface area contributed by atoms with E-state index in [1.54, 1.807) is 0 Å². The van der Waals surface area contributed by atoms with Crippen molar-refractivity contribution in [1.82, 2.24) is 9.97 Å². The normalized spacial score (nSPS) is 10.8. The van der Waals surface area contributed by atoms with E-state index in [2.05, 4.69) is 55.2 Å². The molecule has 1 rings (SSSR count). The minimum Gasteiger partial charge on any atom is -0.370 e. The summed E-state index contributed by atoms with van der Waals surface area (Å²) in [6.07, 6.45) is 3.09. The minimum absolute atomic E-state index is 0.382. The van der Waals surface area contributed by atoms with Crippen LogP contribution in [0.3, 0.4) is 0 Å². The predicted molar refractivity (Wildman–Crippen MR) is 78.3 cm³/mol. The van der Waals surface area contributed by atoms with Gasteiger partial charge < -0.3 is 10.6 Å². The van der Waals surface area contributed by atoms with Gasteiger partial charge in [0.15, 0.2) is 0 Å². The summed E-state index contributed by atoms with van der Waals surface area (Å²) in [5.41, 5.74) is 1.11. The molecule has 0 aliphatic heterocycles. The Balaban J connectivity index is 3.02. The molecule has 0 aliphatic carbocycles. The van der Waals surface area contributed by atoms with Crippen molar-refractivity contribution in [3.63, 3.8) is 0 Å². The molecule has 2 N–H and O–H groups in total. The maximum atomic E-state index is 4.61. The van der Waals surface area contributed by atoms with Gasteiger partial charge in [-0.1, -0.05) is 13.8 Å². The van der Waals surface area contributed by atoms with Gasteiger partial charge in [0.25, 0.3) is 0 Å². The number of rotatable bonds is 7. The molecule has 4 nitrogen and oxygen atoms in total. The molecule has 0 aromatic carbocycles. The van der Waals surface area contributed by atoms with Gasteiger partial charge in [-0.15, -0.1) is 0 Å². The number of nitrogens with one attached hydrogen (secondary N) is 2. The summed E-state index contributed by atoms with van der Waals surface area (Å²) in [6, 6.07) is 0.382. The highest BCUT2D eigenvalue weighted by Gasteiger charge is 2.10. The van der Waals surface area contributed by atoms with E-state index < -0.39 is 0 Å². The fourth-order valence-corrected chi connectivity index (χ4v) is 1.73. The monoisotopic (exact) mass is 250 g/mol. The minimum atomic E-state index is 0.382. The Hall–Kier alpha value is -1.32. The SMILES string of the molecule is CCCNc1nc(CCC)nc(NC(C)C)c1C. The van der Waals surface area contributed by atoms with Crippen LogP contribution in [-0.2, 0) is 6.42 Å². The van der Waals surface area contributed by atoms with Gasteiger partial charge in [-0.2, -0.15) is 0 Å². The summed E-state index contributed by atoms with van der Waals surface area (Å²) in [5, 5.41) is 6.78. The van der Waals surface area contributed by atoms with E-state index in [0.29, 0.717) is 6.04 Å². The Morgan fingerprint density at radius 1 is 1.06 bits per heavy atom. The Morgan fingerprint density at radius 3 is 2.28 bits per heavy atom. The van der Waals surface area contributed by atoms with Crippen LogP contribution >= 0.6 is 0 Å². The van der Waals surface area contributed by atoms with Crippen molar-refractivity contribution in [2.24, 2.45) is 0 Å². The molecule has 0 spiro atoms. The molecule has 0 atom stereocenters. The highest BCUT2D eigenvalue weighted by atomic mass is 15.1. The van der Waals surface area contributed by atoms with Gasteiger partial charge >= 0.3 is 0 Å². The molecular weight excluding hydrogens is 224 g/mol. The third kappa shape index (κ3) is 4.17. The summed E-state index contributed by atoms with van der Waals surface area (Å²) in [4.78, 5) is 9.21. The van der Waals surface area contributed by atoms with Crippen molar-refractivity contribution in [3.8, 4) is 0 Å². The topological polar surface area (TPSA) is 49.8 Å². The molecule has 0 unspecified atom stereocenters. The lowest BCUT2D eigenvalue weighted by Gasteiger charge is -2.16. The van der Waals surface area contributed by atoms with Crippen molar-refractivity contribution < 1.29 is 0 Å². The Labute approximate surface area is 111 Å². The van der Waals surface area contributed by atoms with E-state index in [0.717, 1.165) is 48.8 Å². The molecule has 18 heavy (non-hydrogen) atoms. The zero-order chi connectivity index (χ0) is 13.5. The maximum absolute atomic E-state index is 4.61. The van der Waals surface area contributed by atoms with Crippen molar-refractivity contribution in [3.05, 3.63) is 11.4 Å². The molecule has 4 heteroatoms. The van der Waals surface area contributed by atoms with Crippen LogP contribution in [0.4, 0.5) is 11.6 Å². The van der Waals surface area contributed by atoms with Crippen LogP contribution in [0.25, 0.3) is 0 Å². The maximum Gasteiger partial charge on any atom is 0.134 e. The summed E-state index contributed by atoms with van der Waals surface area (Å²) < 4.78 is 0. The second-order valence-corrected chi connectivity index (χ2v) is 4.94. The van der Waals surface area contributed by atoms with Crippen molar-refractivity contribution in [1.29, 1.82) is 0 Å². The predicted octanol–water partition coefficient (Wildman–Crippen LogP) is 3.38. The Bertz CT molecular complexity index is 374. The molecule has 1 aromatic heterocycles. The van der Waals surface area contributed by atoms with Crippen molar-refractivity contribution in [2.45, 2.75) is 59.9 Å². The molecule has 1 heterocycles. The van der Waals surface area contributed by atoms with Gasteiger partial charge in [0.05, 0.1) is 0 Å². The molecule has 0 saturated heterocycles. The molecule has 0 aliphatic rings. The average Bonchev–Trinajstić information content (AvgIpc) is 2.31. The van der Waals surface area contributed by atoms with Crippen LogP contribution in [0.1, 0.15) is 51.9 Å². The second kappa shape index (κ2) is 7.19. The van der Waals surface area contributed by atoms with E-state index >= 15 is 0 Å². The van der Waals surface area contributed by atoms with E-state index in [9.17, 15) is 0 Å². The zero-order valence-electron chi connectivity index (χ0n) is 12.3. The van der Waals surface area contributed by atoms with Crippen LogP contribution in [0.2, 0.25) is 0 Å². The number of aryl methyl sites for hydroxylation is 1. The first kappa shape index (κ1) is 14.7. The van der Waals surface area contributed by atoms with Crippen molar-refractivity contribution >= 4 is 11.6 Å². The van der Waals surface area contributed by atoms with Gasteiger partial charge in [-0.3, -0.25) is 0 Å². The molecule has 0 saturated carbocycles. The quantitative estimate of drug-likeness (QED) is 0.779. The number of nitrogens with zero attached hydrogens (tertiary/aromatic N) is 2. The van der Waals surface area contributed by atoms with Crippen LogP contribution in [0.15, 0.2) is 0 Å². The highest BCUT2D eigenvalue weighted by molar-refractivity contribution is 5.57. The number of hydrogen-bond donors (Lipinski definition) is 2. The molecular formula is C14H26N4. The molecule has 0 bridgehead atoms. The van der Waals surface area contributed by atoms with Gasteiger partial charge in [0.1, 0.15) is 17.5 Å². The first-order valence-corrected chi connectivity index (χ1v) is 6.96. The van der Waals surface area contributed by atoms with Gasteiger partial charge in [-0.25, -0.2) is 9.97 Å². The van der Waals surface area contributed by atoms with Gasteiger partial charge in [0.2, 0.25) is 0 Å². The fourth-order valence-electron chi connectivity index (χ4n) is 1.73. The smallest absolute Gasteiger partial charge is 0.134 e. The first-order valence-electron chi connectivity index (χ1n) is 6.96. The molecule has 102 valence electrons. The standard InChI is InChI=1S/C14H26N4/c1-6-8-12-17-13(15-9-7-2)11(5)14(18-12)16-10(3)4/h10H,6-9H2,1-5H3,(H2,15,16,17,18). The highest BCUT2D eigenvalue weighted by Crippen LogP contribution is 2.21. The third-order valence-electron chi connectivity index (χ3n) is 2.63. The molecule has 0 radical (unpaired) electrons. The van der Waals surface area contributed by atoms with Crippen LogP contribution in [0.5, 0.6) is 0 Å².